The first-order valence-electron chi connectivity index (χ1n) is 6.73. The fourth-order valence-corrected chi connectivity index (χ4v) is 3.26. The predicted molar refractivity (Wildman–Crippen MR) is 75.3 cm³/mol. The van der Waals surface area contributed by atoms with E-state index in [0.717, 1.165) is 12.5 Å². The van der Waals surface area contributed by atoms with E-state index in [4.69, 9.17) is 0 Å². The minimum Gasteiger partial charge on any atom is -0.313 e. The fourth-order valence-electron chi connectivity index (χ4n) is 2.05. The van der Waals surface area contributed by atoms with Crippen LogP contribution in [0.25, 0.3) is 0 Å². The lowest BCUT2D eigenvalue weighted by atomic mass is 9.99. The van der Waals surface area contributed by atoms with Crippen molar-refractivity contribution in [3.8, 4) is 0 Å². The maximum Gasteiger partial charge on any atom is 0.0164 e. The third-order valence-corrected chi connectivity index (χ3v) is 4.27. The van der Waals surface area contributed by atoms with Gasteiger partial charge in [0, 0.05) is 18.6 Å². The van der Waals surface area contributed by atoms with E-state index in [1.807, 2.05) is 0 Å². The molecule has 1 saturated heterocycles. The van der Waals surface area contributed by atoms with Crippen molar-refractivity contribution < 1.29 is 0 Å². The molecule has 1 atom stereocenters. The molecule has 1 heterocycles. The van der Waals surface area contributed by atoms with Crippen LogP contribution < -0.4 is 10.6 Å². The van der Waals surface area contributed by atoms with E-state index in [2.05, 4.69) is 43.2 Å². The number of hydrogen-bond donors (Lipinski definition) is 2. The Labute approximate surface area is 105 Å². The van der Waals surface area contributed by atoms with Crippen molar-refractivity contribution in [3.05, 3.63) is 0 Å². The molecule has 0 aromatic heterocycles. The molecule has 1 unspecified atom stereocenters. The Balaban J connectivity index is 1.96. The van der Waals surface area contributed by atoms with E-state index >= 15 is 0 Å². The Bertz CT molecular complexity index is 167. The van der Waals surface area contributed by atoms with Crippen molar-refractivity contribution in [3.63, 3.8) is 0 Å². The monoisotopic (exact) mass is 244 g/mol. The van der Waals surface area contributed by atoms with Crippen molar-refractivity contribution in [2.24, 2.45) is 5.92 Å². The summed E-state index contributed by atoms with van der Waals surface area (Å²) in [6.07, 6.45) is 4.24. The van der Waals surface area contributed by atoms with Crippen LogP contribution in [0.4, 0.5) is 0 Å². The van der Waals surface area contributed by atoms with Crippen LogP contribution in [0.2, 0.25) is 0 Å². The first-order valence-corrected chi connectivity index (χ1v) is 7.88. The Morgan fingerprint density at radius 2 is 1.81 bits per heavy atom. The van der Waals surface area contributed by atoms with Gasteiger partial charge in [0.1, 0.15) is 0 Å². The van der Waals surface area contributed by atoms with Gasteiger partial charge in [0.2, 0.25) is 0 Å². The standard InChI is InChI=1S/C13H28N2S/c1-11(2)15-10-12(3)14-7-4-13-5-8-16-9-6-13/h11-15H,4-10H2,1-3H3. The van der Waals surface area contributed by atoms with Gasteiger partial charge in [-0.15, -0.1) is 0 Å². The predicted octanol–water partition coefficient (Wildman–Crippen LogP) is 2.50. The highest BCUT2D eigenvalue weighted by Crippen LogP contribution is 2.24. The Morgan fingerprint density at radius 1 is 1.12 bits per heavy atom. The summed E-state index contributed by atoms with van der Waals surface area (Å²) in [4.78, 5) is 0. The molecule has 1 rings (SSSR count). The molecule has 2 N–H and O–H groups in total. The van der Waals surface area contributed by atoms with Crippen LogP contribution in [0, 0.1) is 5.92 Å². The van der Waals surface area contributed by atoms with E-state index < -0.39 is 0 Å². The van der Waals surface area contributed by atoms with Gasteiger partial charge >= 0.3 is 0 Å². The summed E-state index contributed by atoms with van der Waals surface area (Å²) in [5.74, 6) is 3.75. The van der Waals surface area contributed by atoms with Gasteiger partial charge in [-0.05, 0) is 50.2 Å². The fraction of sp³-hybridized carbons (Fsp3) is 1.00. The normalized spacial score (nSPS) is 20.2. The molecule has 2 nitrogen and oxygen atoms in total. The molecule has 3 heteroatoms. The highest BCUT2D eigenvalue weighted by atomic mass is 32.2. The van der Waals surface area contributed by atoms with Crippen molar-refractivity contribution in [2.75, 3.05) is 24.6 Å². The molecule has 1 fully saturated rings. The zero-order valence-corrected chi connectivity index (χ0v) is 11.9. The second kappa shape index (κ2) is 8.37. The average Bonchev–Trinajstić information content (AvgIpc) is 2.28. The van der Waals surface area contributed by atoms with Gasteiger partial charge in [0.15, 0.2) is 0 Å². The molecule has 96 valence electrons. The van der Waals surface area contributed by atoms with Gasteiger partial charge in [0.05, 0.1) is 0 Å². The molecule has 1 aliphatic rings. The first kappa shape index (κ1) is 14.3. The van der Waals surface area contributed by atoms with Crippen molar-refractivity contribution >= 4 is 11.8 Å². The van der Waals surface area contributed by atoms with Crippen LogP contribution >= 0.6 is 11.8 Å². The first-order chi connectivity index (χ1) is 7.68. The number of hydrogen-bond acceptors (Lipinski definition) is 3. The minimum atomic E-state index is 0.597. The average molecular weight is 244 g/mol. The second-order valence-corrected chi connectivity index (χ2v) is 6.49. The molecule has 0 bridgehead atoms. The van der Waals surface area contributed by atoms with Crippen LogP contribution in [-0.2, 0) is 0 Å². The van der Waals surface area contributed by atoms with Crippen LogP contribution in [0.5, 0.6) is 0 Å². The van der Waals surface area contributed by atoms with Crippen molar-refractivity contribution in [2.45, 2.75) is 52.1 Å². The van der Waals surface area contributed by atoms with E-state index in [9.17, 15) is 0 Å². The van der Waals surface area contributed by atoms with Crippen LogP contribution in [-0.4, -0.2) is 36.7 Å². The zero-order chi connectivity index (χ0) is 11.8. The maximum atomic E-state index is 3.62. The topological polar surface area (TPSA) is 24.1 Å². The van der Waals surface area contributed by atoms with Crippen LogP contribution in [0.1, 0.15) is 40.0 Å². The lowest BCUT2D eigenvalue weighted by Gasteiger charge is -2.23. The van der Waals surface area contributed by atoms with Gasteiger partial charge in [0.25, 0.3) is 0 Å². The molecule has 0 spiro atoms. The van der Waals surface area contributed by atoms with Gasteiger partial charge in [-0.25, -0.2) is 0 Å². The lowest BCUT2D eigenvalue weighted by molar-refractivity contribution is 0.407. The SMILES string of the molecule is CC(C)NCC(C)NCCC1CCSCC1. The quantitative estimate of drug-likeness (QED) is 0.719. The Hall–Kier alpha value is 0.270. The van der Waals surface area contributed by atoms with E-state index in [1.54, 1.807) is 0 Å². The van der Waals surface area contributed by atoms with Gasteiger partial charge in [-0.2, -0.15) is 11.8 Å². The highest BCUT2D eigenvalue weighted by Gasteiger charge is 2.13. The van der Waals surface area contributed by atoms with Gasteiger partial charge in [-0.3, -0.25) is 0 Å². The maximum absolute atomic E-state index is 3.62. The van der Waals surface area contributed by atoms with Crippen LogP contribution in [0.15, 0.2) is 0 Å². The molecule has 0 aromatic carbocycles. The number of thioether (sulfide) groups is 1. The number of nitrogens with one attached hydrogen (secondary N) is 2. The summed E-state index contributed by atoms with van der Waals surface area (Å²) >= 11 is 2.12. The molecule has 0 aromatic rings. The van der Waals surface area contributed by atoms with Gasteiger partial charge < -0.3 is 10.6 Å². The summed E-state index contributed by atoms with van der Waals surface area (Å²) in [6.45, 7) is 8.94. The summed E-state index contributed by atoms with van der Waals surface area (Å²) < 4.78 is 0. The third-order valence-electron chi connectivity index (χ3n) is 3.22. The van der Waals surface area contributed by atoms with E-state index in [0.29, 0.717) is 12.1 Å². The smallest absolute Gasteiger partial charge is 0.0164 e. The van der Waals surface area contributed by atoms with Gasteiger partial charge in [-0.1, -0.05) is 13.8 Å². The Morgan fingerprint density at radius 3 is 2.44 bits per heavy atom. The van der Waals surface area contributed by atoms with Crippen molar-refractivity contribution in [1.29, 1.82) is 0 Å². The molecular formula is C13H28N2S. The van der Waals surface area contributed by atoms with Crippen molar-refractivity contribution in [1.82, 2.24) is 10.6 Å². The van der Waals surface area contributed by atoms with E-state index in [1.165, 1.54) is 37.3 Å². The third kappa shape index (κ3) is 6.77. The highest BCUT2D eigenvalue weighted by molar-refractivity contribution is 7.99. The summed E-state index contributed by atoms with van der Waals surface area (Å²) in [5, 5.41) is 7.08. The minimum absolute atomic E-state index is 0.597. The van der Waals surface area contributed by atoms with E-state index in [-0.39, 0.29) is 0 Å². The lowest BCUT2D eigenvalue weighted by Crippen LogP contribution is -2.39. The summed E-state index contributed by atoms with van der Waals surface area (Å²) in [6, 6.07) is 1.19. The largest absolute Gasteiger partial charge is 0.313 e. The molecule has 0 amide bonds. The molecule has 0 aliphatic carbocycles. The molecule has 1 aliphatic heterocycles. The zero-order valence-electron chi connectivity index (χ0n) is 11.1. The molecule has 0 radical (unpaired) electrons. The Kier molecular flexibility index (Phi) is 7.50. The molecule has 0 saturated carbocycles. The molecule has 16 heavy (non-hydrogen) atoms. The van der Waals surface area contributed by atoms with Crippen LogP contribution in [0.3, 0.4) is 0 Å². The summed E-state index contributed by atoms with van der Waals surface area (Å²) in [7, 11) is 0. The molecular weight excluding hydrogens is 216 g/mol. The number of rotatable bonds is 7. The second-order valence-electron chi connectivity index (χ2n) is 5.26. The summed E-state index contributed by atoms with van der Waals surface area (Å²) in [5.41, 5.74) is 0.